The minimum Gasteiger partial charge on any atom is -0.295 e. The molecule has 3 aromatic heterocycles. The molecule has 3 heterocycles. The largest absolute Gasteiger partial charge is 0.390 e. The van der Waals surface area contributed by atoms with Crippen molar-refractivity contribution in [2.75, 3.05) is 0 Å². The summed E-state index contributed by atoms with van der Waals surface area (Å²) >= 11 is 1.05. The van der Waals surface area contributed by atoms with Gasteiger partial charge in [0.2, 0.25) is 0 Å². The fourth-order valence-electron chi connectivity index (χ4n) is 3.48. The van der Waals surface area contributed by atoms with Gasteiger partial charge in [-0.05, 0) is 24.8 Å². The van der Waals surface area contributed by atoms with E-state index in [1.807, 2.05) is 6.92 Å². The van der Waals surface area contributed by atoms with E-state index in [0.29, 0.717) is 16.9 Å². The van der Waals surface area contributed by atoms with Crippen molar-refractivity contribution in [3.63, 3.8) is 0 Å². The van der Waals surface area contributed by atoms with Crippen molar-refractivity contribution >= 4 is 21.6 Å². The minimum absolute atomic E-state index is 0.0558. The number of aryl methyl sites for hydroxylation is 2. The zero-order valence-electron chi connectivity index (χ0n) is 15.6. The van der Waals surface area contributed by atoms with Crippen LogP contribution >= 0.6 is 11.3 Å². The van der Waals surface area contributed by atoms with Crippen molar-refractivity contribution in [3.8, 4) is 0 Å². The summed E-state index contributed by atoms with van der Waals surface area (Å²) < 4.78 is 41.8. The Labute approximate surface area is 165 Å². The van der Waals surface area contributed by atoms with Crippen molar-refractivity contribution in [3.05, 3.63) is 48.1 Å². The first-order valence-corrected chi connectivity index (χ1v) is 9.84. The van der Waals surface area contributed by atoms with Gasteiger partial charge in [-0.2, -0.15) is 18.3 Å². The van der Waals surface area contributed by atoms with Gasteiger partial charge in [0.25, 0.3) is 5.56 Å². The molecule has 8 nitrogen and oxygen atoms in total. The fourth-order valence-corrected chi connectivity index (χ4v) is 4.78. The van der Waals surface area contributed by atoms with Crippen molar-refractivity contribution < 1.29 is 13.2 Å². The summed E-state index contributed by atoms with van der Waals surface area (Å²) in [6.45, 7) is 3.05. The molecule has 0 saturated heterocycles. The van der Waals surface area contributed by atoms with Gasteiger partial charge in [0.05, 0.1) is 18.4 Å². The normalized spacial score (nSPS) is 19.2. The van der Waals surface area contributed by atoms with E-state index < -0.39 is 36.1 Å². The Kier molecular flexibility index (Phi) is 4.56. The molecule has 12 heteroatoms. The second-order valence-electron chi connectivity index (χ2n) is 7.34. The quantitative estimate of drug-likeness (QED) is 0.671. The molecule has 0 aliphatic heterocycles. The number of H-pyrrole nitrogens is 1. The third-order valence-corrected chi connectivity index (χ3v) is 6.57. The van der Waals surface area contributed by atoms with Gasteiger partial charge in [-0.1, -0.05) is 6.92 Å². The number of alkyl halides is 3. The lowest BCUT2D eigenvalue weighted by molar-refractivity contribution is -0.136. The molecule has 1 fully saturated rings. The van der Waals surface area contributed by atoms with Crippen LogP contribution in [0.15, 0.2) is 20.7 Å². The molecule has 0 unspecified atom stereocenters. The summed E-state index contributed by atoms with van der Waals surface area (Å²) in [5.74, 6) is 0.120. The van der Waals surface area contributed by atoms with Gasteiger partial charge in [-0.25, -0.2) is 14.3 Å². The summed E-state index contributed by atoms with van der Waals surface area (Å²) in [5, 5.41) is 4.10. The molecule has 0 amide bonds. The molecular formula is C17H18F3N5O3S. The van der Waals surface area contributed by atoms with Crippen molar-refractivity contribution in [2.45, 2.75) is 52.0 Å². The molecule has 0 aromatic carbocycles. The fraction of sp³-hybridized carbons (Fsp3) is 0.529. The minimum atomic E-state index is -4.43. The Morgan fingerprint density at radius 2 is 2.00 bits per heavy atom. The van der Waals surface area contributed by atoms with Crippen LogP contribution in [0.1, 0.15) is 36.2 Å². The maximum Gasteiger partial charge on any atom is 0.390 e. The molecule has 156 valence electrons. The lowest BCUT2D eigenvalue weighted by atomic mass is 10.2. The van der Waals surface area contributed by atoms with E-state index in [1.165, 1.54) is 6.33 Å². The first-order valence-electron chi connectivity index (χ1n) is 9.03. The van der Waals surface area contributed by atoms with Crippen LogP contribution in [0.2, 0.25) is 0 Å². The van der Waals surface area contributed by atoms with Gasteiger partial charge in [0.15, 0.2) is 0 Å². The van der Waals surface area contributed by atoms with Crippen LogP contribution in [0.4, 0.5) is 13.2 Å². The highest BCUT2D eigenvalue weighted by Gasteiger charge is 2.38. The van der Waals surface area contributed by atoms with Crippen molar-refractivity contribution in [1.82, 2.24) is 23.9 Å². The highest BCUT2D eigenvalue weighted by Crippen LogP contribution is 2.41. The molecule has 1 N–H and O–H groups in total. The lowest BCUT2D eigenvalue weighted by Gasteiger charge is -2.13. The van der Waals surface area contributed by atoms with Crippen LogP contribution in [0.3, 0.4) is 0 Å². The third kappa shape index (κ3) is 3.45. The summed E-state index contributed by atoms with van der Waals surface area (Å²) in [5.41, 5.74) is -1.10. The Morgan fingerprint density at radius 1 is 1.31 bits per heavy atom. The third-order valence-electron chi connectivity index (χ3n) is 5.27. The van der Waals surface area contributed by atoms with Gasteiger partial charge in [-0.15, -0.1) is 11.3 Å². The van der Waals surface area contributed by atoms with Crippen LogP contribution in [-0.4, -0.2) is 30.1 Å². The van der Waals surface area contributed by atoms with E-state index >= 15 is 0 Å². The number of nitrogens with zero attached hydrogens (tertiary/aromatic N) is 4. The van der Waals surface area contributed by atoms with Gasteiger partial charge in [0.1, 0.15) is 11.2 Å². The van der Waals surface area contributed by atoms with E-state index in [0.717, 1.165) is 25.2 Å². The number of fused-ring (bicyclic) bond motifs is 1. The van der Waals surface area contributed by atoms with Crippen LogP contribution < -0.4 is 16.9 Å². The van der Waals surface area contributed by atoms with E-state index in [2.05, 4.69) is 10.1 Å². The highest BCUT2D eigenvalue weighted by atomic mass is 32.1. The summed E-state index contributed by atoms with van der Waals surface area (Å²) in [4.78, 5) is 40.9. The van der Waals surface area contributed by atoms with Gasteiger partial charge < -0.3 is 0 Å². The summed E-state index contributed by atoms with van der Waals surface area (Å²) in [7, 11) is 0. The first-order chi connectivity index (χ1) is 13.6. The van der Waals surface area contributed by atoms with E-state index in [-0.39, 0.29) is 28.7 Å². The van der Waals surface area contributed by atoms with Crippen molar-refractivity contribution in [1.29, 1.82) is 0 Å². The predicted molar refractivity (Wildman–Crippen MR) is 101 cm³/mol. The topological polar surface area (TPSA) is 94.7 Å². The number of halogens is 3. The second-order valence-corrected chi connectivity index (χ2v) is 8.42. The predicted octanol–water partition coefficient (Wildman–Crippen LogP) is 2.00. The average molecular weight is 429 g/mol. The van der Waals surface area contributed by atoms with Crippen molar-refractivity contribution in [2.24, 2.45) is 5.92 Å². The molecule has 1 aliphatic rings. The van der Waals surface area contributed by atoms with Gasteiger partial charge in [0, 0.05) is 17.5 Å². The summed E-state index contributed by atoms with van der Waals surface area (Å²) in [6, 6.07) is -0.298. The molecule has 29 heavy (non-hydrogen) atoms. The van der Waals surface area contributed by atoms with Crippen LogP contribution in [0.5, 0.6) is 0 Å². The lowest BCUT2D eigenvalue weighted by Crippen LogP contribution is -2.40. The van der Waals surface area contributed by atoms with Gasteiger partial charge >= 0.3 is 17.6 Å². The van der Waals surface area contributed by atoms with E-state index in [1.54, 1.807) is 6.92 Å². The second kappa shape index (κ2) is 6.71. The van der Waals surface area contributed by atoms with E-state index in [4.69, 9.17) is 0 Å². The maximum atomic E-state index is 13.1. The number of hydrogen-bond acceptors (Lipinski definition) is 5. The van der Waals surface area contributed by atoms with Crippen LogP contribution in [0.25, 0.3) is 10.2 Å². The molecule has 2 atom stereocenters. The highest BCUT2D eigenvalue weighted by molar-refractivity contribution is 7.18. The molecule has 0 bridgehead atoms. The standard InChI is InChI=1S/C17H18F3N5O3S/c1-8-5-10(8)25-13(26)12-9(2)11(6-24-15(27)21-7-22-24)29-14(12)23(16(25)28)4-3-17(18,19)20/h7-8,10H,3-6H2,1-2H3,(H,21,22,27)/t8-,10-/m0/s1. The number of aromatic nitrogens is 5. The molecule has 3 aromatic rings. The Balaban J connectivity index is 1.92. The van der Waals surface area contributed by atoms with Crippen LogP contribution in [-0.2, 0) is 13.1 Å². The Bertz CT molecular complexity index is 1260. The average Bonchev–Trinajstić information content (AvgIpc) is 3.03. The molecule has 0 spiro atoms. The number of aromatic amines is 1. The number of hydrogen-bond donors (Lipinski definition) is 1. The van der Waals surface area contributed by atoms with E-state index in [9.17, 15) is 27.6 Å². The zero-order valence-corrected chi connectivity index (χ0v) is 16.4. The smallest absolute Gasteiger partial charge is 0.295 e. The SMILES string of the molecule is Cc1c(Cn2nc[nH]c2=O)sc2c1c(=O)n([C@H]1C[C@@H]1C)c(=O)n2CCC(F)(F)F. The number of thiophene rings is 1. The number of nitrogens with one attached hydrogen (secondary N) is 1. The maximum absolute atomic E-state index is 13.1. The number of rotatable bonds is 5. The molecule has 1 aliphatic carbocycles. The zero-order chi connectivity index (χ0) is 21.1. The molecule has 1 saturated carbocycles. The van der Waals surface area contributed by atoms with Crippen LogP contribution in [0, 0.1) is 12.8 Å². The Morgan fingerprint density at radius 3 is 2.55 bits per heavy atom. The Hall–Kier alpha value is -2.63. The monoisotopic (exact) mass is 429 g/mol. The molecule has 0 radical (unpaired) electrons. The molecule has 4 rings (SSSR count). The summed E-state index contributed by atoms with van der Waals surface area (Å²) in [6.07, 6.45) is -3.74. The van der Waals surface area contributed by atoms with Gasteiger partial charge in [-0.3, -0.25) is 18.9 Å². The molecular weight excluding hydrogens is 411 g/mol. The first kappa shape index (κ1) is 19.7.